The number of hydrogen-bond acceptors (Lipinski definition) is 1. The molecule has 0 unspecified atom stereocenters. The van der Waals surface area contributed by atoms with Crippen molar-refractivity contribution in [3.05, 3.63) is 77.5 Å². The van der Waals surface area contributed by atoms with E-state index in [0.29, 0.717) is 27.9 Å². The molecular weight excluding hydrogens is 280 g/mol. The first-order chi connectivity index (χ1) is 10.5. The minimum Gasteiger partial charge on any atom is -0.256 e. The first-order valence-corrected chi connectivity index (χ1v) is 7.04. The molecule has 1 nitrogen and oxygen atoms in total. The maximum Gasteiger partial charge on any atom is 0.131 e. The predicted octanol–water partition coefficient (Wildman–Crippen LogP) is 5.31. The lowest BCUT2D eigenvalue weighted by atomic mass is 10.0. The summed E-state index contributed by atoms with van der Waals surface area (Å²) in [5, 5.41) is 0. The molecule has 0 atom stereocenters. The second kappa shape index (κ2) is 5.68. The normalized spacial score (nSPS) is 10.7. The van der Waals surface area contributed by atoms with E-state index in [1.54, 1.807) is 37.4 Å². The van der Waals surface area contributed by atoms with Gasteiger partial charge in [0.25, 0.3) is 0 Å². The highest BCUT2D eigenvalue weighted by Crippen LogP contribution is 2.26. The van der Waals surface area contributed by atoms with Crippen LogP contribution in [0, 0.1) is 25.5 Å². The number of hydrogen-bond donors (Lipinski definition) is 0. The number of aromatic nitrogens is 1. The van der Waals surface area contributed by atoms with E-state index in [-0.39, 0.29) is 11.6 Å². The molecule has 0 saturated heterocycles. The van der Waals surface area contributed by atoms with Gasteiger partial charge in [0.1, 0.15) is 11.6 Å². The third kappa shape index (κ3) is 2.75. The quantitative estimate of drug-likeness (QED) is 0.624. The van der Waals surface area contributed by atoms with Gasteiger partial charge in [-0.05, 0) is 43.2 Å². The Labute approximate surface area is 128 Å². The first kappa shape index (κ1) is 14.4. The number of pyridine rings is 1. The molecule has 3 heteroatoms. The molecule has 0 radical (unpaired) electrons. The summed E-state index contributed by atoms with van der Waals surface area (Å²) in [4.78, 5) is 4.33. The number of benzene rings is 2. The first-order valence-electron chi connectivity index (χ1n) is 7.04. The SMILES string of the molecule is Cc1ccc(-c2ccc(-c3ccc(C)c(F)c3)nc2)c(F)c1. The Balaban J connectivity index is 1.97. The van der Waals surface area contributed by atoms with Crippen LogP contribution in [0.25, 0.3) is 22.4 Å². The monoisotopic (exact) mass is 295 g/mol. The molecule has 110 valence electrons. The van der Waals surface area contributed by atoms with Gasteiger partial charge in [0.15, 0.2) is 0 Å². The van der Waals surface area contributed by atoms with E-state index in [0.717, 1.165) is 5.56 Å². The van der Waals surface area contributed by atoms with Crippen molar-refractivity contribution in [3.63, 3.8) is 0 Å². The molecule has 0 aliphatic rings. The van der Waals surface area contributed by atoms with Crippen LogP contribution in [0.15, 0.2) is 54.7 Å². The Kier molecular flexibility index (Phi) is 3.72. The maximum absolute atomic E-state index is 14.0. The molecule has 1 aromatic heterocycles. The molecule has 3 rings (SSSR count). The Morgan fingerprint density at radius 1 is 0.773 bits per heavy atom. The predicted molar refractivity (Wildman–Crippen MR) is 84.5 cm³/mol. The highest BCUT2D eigenvalue weighted by atomic mass is 19.1. The van der Waals surface area contributed by atoms with Gasteiger partial charge in [-0.2, -0.15) is 0 Å². The number of halogens is 2. The number of nitrogens with zero attached hydrogens (tertiary/aromatic N) is 1. The summed E-state index contributed by atoms with van der Waals surface area (Å²) in [6, 6.07) is 13.7. The second-order valence-corrected chi connectivity index (χ2v) is 5.38. The van der Waals surface area contributed by atoms with Gasteiger partial charge in [0.05, 0.1) is 5.69 Å². The summed E-state index contributed by atoms with van der Waals surface area (Å²) in [5.41, 5.74) is 4.06. The van der Waals surface area contributed by atoms with E-state index in [4.69, 9.17) is 0 Å². The lowest BCUT2D eigenvalue weighted by molar-refractivity contribution is 0.619. The van der Waals surface area contributed by atoms with E-state index in [1.807, 2.05) is 19.1 Å². The van der Waals surface area contributed by atoms with Crippen LogP contribution in [0.4, 0.5) is 8.78 Å². The van der Waals surface area contributed by atoms with Crippen molar-refractivity contribution in [2.24, 2.45) is 0 Å². The van der Waals surface area contributed by atoms with Gasteiger partial charge in [-0.15, -0.1) is 0 Å². The zero-order valence-electron chi connectivity index (χ0n) is 12.4. The Morgan fingerprint density at radius 3 is 2.18 bits per heavy atom. The Bertz CT molecular complexity index is 823. The molecule has 0 bridgehead atoms. The van der Waals surface area contributed by atoms with Crippen molar-refractivity contribution >= 4 is 0 Å². The molecule has 22 heavy (non-hydrogen) atoms. The summed E-state index contributed by atoms with van der Waals surface area (Å²) in [7, 11) is 0. The molecule has 0 aliphatic carbocycles. The van der Waals surface area contributed by atoms with Crippen LogP contribution in [0.1, 0.15) is 11.1 Å². The van der Waals surface area contributed by atoms with Gasteiger partial charge in [-0.3, -0.25) is 4.98 Å². The molecular formula is C19H15F2N. The molecule has 0 amide bonds. The summed E-state index contributed by atoms with van der Waals surface area (Å²) in [6.45, 7) is 3.57. The summed E-state index contributed by atoms with van der Waals surface area (Å²) in [5.74, 6) is -0.524. The third-order valence-corrected chi connectivity index (χ3v) is 3.67. The molecule has 2 aromatic carbocycles. The van der Waals surface area contributed by atoms with E-state index < -0.39 is 0 Å². The van der Waals surface area contributed by atoms with Gasteiger partial charge in [-0.25, -0.2) is 8.78 Å². The minimum absolute atomic E-state index is 0.257. The van der Waals surface area contributed by atoms with E-state index >= 15 is 0 Å². The van der Waals surface area contributed by atoms with Crippen LogP contribution >= 0.6 is 0 Å². The molecule has 0 N–H and O–H groups in total. The number of rotatable bonds is 2. The van der Waals surface area contributed by atoms with Crippen molar-refractivity contribution in [1.82, 2.24) is 4.98 Å². The maximum atomic E-state index is 14.0. The summed E-state index contributed by atoms with van der Waals surface area (Å²) >= 11 is 0. The van der Waals surface area contributed by atoms with Crippen LogP contribution in [0.3, 0.4) is 0 Å². The Morgan fingerprint density at radius 2 is 1.55 bits per heavy atom. The lowest BCUT2D eigenvalue weighted by Gasteiger charge is -2.07. The fraction of sp³-hybridized carbons (Fsp3) is 0.105. The van der Waals surface area contributed by atoms with Crippen molar-refractivity contribution in [3.8, 4) is 22.4 Å². The minimum atomic E-state index is -0.268. The second-order valence-electron chi connectivity index (χ2n) is 5.38. The van der Waals surface area contributed by atoms with Crippen LogP contribution in [0.5, 0.6) is 0 Å². The van der Waals surface area contributed by atoms with Crippen LogP contribution in [0.2, 0.25) is 0 Å². The lowest BCUT2D eigenvalue weighted by Crippen LogP contribution is -1.90. The van der Waals surface area contributed by atoms with Crippen LogP contribution in [-0.2, 0) is 0 Å². The zero-order valence-corrected chi connectivity index (χ0v) is 12.4. The van der Waals surface area contributed by atoms with E-state index in [9.17, 15) is 8.78 Å². The fourth-order valence-electron chi connectivity index (χ4n) is 2.33. The van der Waals surface area contributed by atoms with Gasteiger partial charge < -0.3 is 0 Å². The third-order valence-electron chi connectivity index (χ3n) is 3.67. The largest absolute Gasteiger partial charge is 0.256 e. The van der Waals surface area contributed by atoms with Crippen molar-refractivity contribution in [2.45, 2.75) is 13.8 Å². The van der Waals surface area contributed by atoms with Crippen molar-refractivity contribution in [2.75, 3.05) is 0 Å². The molecule has 0 fully saturated rings. The molecule has 0 saturated carbocycles. The van der Waals surface area contributed by atoms with Crippen molar-refractivity contribution < 1.29 is 8.78 Å². The topological polar surface area (TPSA) is 12.9 Å². The molecule has 0 aliphatic heterocycles. The van der Waals surface area contributed by atoms with Gasteiger partial charge in [0, 0.05) is 22.9 Å². The van der Waals surface area contributed by atoms with E-state index in [2.05, 4.69) is 4.98 Å². The zero-order chi connectivity index (χ0) is 15.7. The highest BCUT2D eigenvalue weighted by Gasteiger charge is 2.07. The van der Waals surface area contributed by atoms with E-state index in [1.165, 1.54) is 12.1 Å². The molecule has 0 spiro atoms. The molecule has 3 aromatic rings. The molecule has 1 heterocycles. The van der Waals surface area contributed by atoms with Crippen molar-refractivity contribution in [1.29, 1.82) is 0 Å². The summed E-state index contributed by atoms with van der Waals surface area (Å²) in [6.07, 6.45) is 1.61. The van der Waals surface area contributed by atoms with Gasteiger partial charge in [-0.1, -0.05) is 30.3 Å². The fourth-order valence-corrected chi connectivity index (χ4v) is 2.33. The van der Waals surface area contributed by atoms with Crippen LogP contribution in [-0.4, -0.2) is 4.98 Å². The Hall–Kier alpha value is -2.55. The average Bonchev–Trinajstić information content (AvgIpc) is 2.50. The smallest absolute Gasteiger partial charge is 0.131 e. The average molecular weight is 295 g/mol. The number of aryl methyl sites for hydroxylation is 2. The highest BCUT2D eigenvalue weighted by molar-refractivity contribution is 5.67. The standard InChI is InChI=1S/C19H15F2N/c1-12-3-7-16(18(21)9-12)15-6-8-19(22-11-15)14-5-4-13(2)17(20)10-14/h3-11H,1-2H3. The van der Waals surface area contributed by atoms with Gasteiger partial charge >= 0.3 is 0 Å². The van der Waals surface area contributed by atoms with Gasteiger partial charge in [0.2, 0.25) is 0 Å². The summed E-state index contributed by atoms with van der Waals surface area (Å²) < 4.78 is 27.6. The van der Waals surface area contributed by atoms with Crippen LogP contribution < -0.4 is 0 Å².